The average Bonchev–Trinajstić information content (AvgIpc) is 2.84. The summed E-state index contributed by atoms with van der Waals surface area (Å²) in [7, 11) is 0. The summed E-state index contributed by atoms with van der Waals surface area (Å²) in [4.78, 5) is 0. The molecule has 0 spiro atoms. The van der Waals surface area contributed by atoms with Gasteiger partial charge in [0, 0.05) is 11.1 Å². The Kier molecular flexibility index (Phi) is 11.3. The Morgan fingerprint density at radius 1 is 0.595 bits per heavy atom. The van der Waals surface area contributed by atoms with E-state index in [1.807, 2.05) is 12.1 Å². The molecule has 0 heterocycles. The lowest BCUT2D eigenvalue weighted by molar-refractivity contribution is 0.404. The zero-order valence-corrected chi connectivity index (χ0v) is 22.4. The first-order valence-corrected chi connectivity index (χ1v) is 12.3. The molecule has 0 saturated heterocycles. The molecule has 4 nitrogen and oxygen atoms in total. The monoisotopic (exact) mass is 499 g/mol. The van der Waals surface area contributed by atoms with E-state index in [-0.39, 0.29) is 5.75 Å². The molecule has 0 saturated carbocycles. The molecule has 0 amide bonds. The highest BCUT2D eigenvalue weighted by molar-refractivity contribution is 5.58. The van der Waals surface area contributed by atoms with E-state index in [9.17, 15) is 5.11 Å². The van der Waals surface area contributed by atoms with E-state index in [0.29, 0.717) is 66.4 Å². The number of phenolic OH excluding ortho intramolecular Hbond substituents is 1. The van der Waals surface area contributed by atoms with Crippen LogP contribution in [-0.4, -0.2) is 5.11 Å². The summed E-state index contributed by atoms with van der Waals surface area (Å²) in [6.45, 7) is 35.9. The molecule has 0 bridgehead atoms. The van der Waals surface area contributed by atoms with Gasteiger partial charge in [0.25, 0.3) is 0 Å². The number of hydrogen-bond donors (Lipinski definition) is 4. The third kappa shape index (κ3) is 6.28. The number of aromatic hydroxyl groups is 1. The van der Waals surface area contributed by atoms with E-state index < -0.39 is 16.6 Å². The lowest BCUT2D eigenvalue weighted by atomic mass is 9.70. The third-order valence-corrected chi connectivity index (χ3v) is 7.05. The van der Waals surface area contributed by atoms with Gasteiger partial charge in [-0.05, 0) is 72.9 Å². The largest absolute Gasteiger partial charge is 0.507 e. The van der Waals surface area contributed by atoms with E-state index in [0.717, 1.165) is 5.57 Å². The van der Waals surface area contributed by atoms with Crippen molar-refractivity contribution in [3.63, 3.8) is 0 Å². The van der Waals surface area contributed by atoms with Crippen molar-refractivity contribution < 1.29 is 5.11 Å². The second-order valence-electron chi connectivity index (χ2n) is 9.60. The maximum absolute atomic E-state index is 11.8. The van der Waals surface area contributed by atoms with Crippen LogP contribution in [0.2, 0.25) is 0 Å². The number of phenols is 1. The van der Waals surface area contributed by atoms with Crippen LogP contribution in [0.1, 0.15) is 55.2 Å². The number of benzene rings is 1. The molecule has 0 fully saturated rings. The van der Waals surface area contributed by atoms with Gasteiger partial charge >= 0.3 is 0 Å². The third-order valence-electron chi connectivity index (χ3n) is 7.05. The molecule has 0 aliphatic carbocycles. The predicted octanol–water partition coefficient (Wildman–Crippen LogP) is 6.98. The number of allylic oxidation sites excluding steroid dienone is 3. The summed E-state index contributed by atoms with van der Waals surface area (Å²) in [5.41, 5.74) is 21.3. The van der Waals surface area contributed by atoms with Gasteiger partial charge in [-0.1, -0.05) is 56.2 Å². The van der Waals surface area contributed by atoms with Gasteiger partial charge in [-0.3, -0.25) is 0 Å². The Labute approximate surface area is 224 Å². The van der Waals surface area contributed by atoms with E-state index in [1.165, 1.54) is 0 Å². The summed E-state index contributed by atoms with van der Waals surface area (Å²) >= 11 is 0. The molecule has 0 aliphatic heterocycles. The molecular weight excluding hydrogens is 454 g/mol. The normalized spacial score (nSPS) is 15.6. The molecule has 1 aromatic rings. The second kappa shape index (κ2) is 13.2. The van der Waals surface area contributed by atoms with Gasteiger partial charge in [0.2, 0.25) is 0 Å². The van der Waals surface area contributed by atoms with Crippen LogP contribution in [-0.2, 0) is 16.6 Å². The minimum atomic E-state index is -1.17. The molecule has 0 radical (unpaired) electrons. The van der Waals surface area contributed by atoms with Crippen molar-refractivity contribution in [3.05, 3.63) is 141 Å². The van der Waals surface area contributed by atoms with Gasteiger partial charge < -0.3 is 22.3 Å². The molecule has 1 aromatic carbocycles. The van der Waals surface area contributed by atoms with Gasteiger partial charge in [-0.2, -0.15) is 0 Å². The van der Waals surface area contributed by atoms with Crippen LogP contribution >= 0.6 is 0 Å². The molecular formula is C33H45N3O. The van der Waals surface area contributed by atoms with E-state index in [2.05, 4.69) is 59.2 Å². The zero-order chi connectivity index (χ0) is 28.4. The number of rotatable bonds is 18. The lowest BCUT2D eigenvalue weighted by Gasteiger charge is -2.39. The van der Waals surface area contributed by atoms with Crippen molar-refractivity contribution in [1.82, 2.24) is 0 Å². The standard InChI is InChI=1S/C33H45N3O/c1-10-16-24(7)31(34,19-13-4)27-22-28(32(35,20-14-5)25(8)17-11-2)30(37)29(23-27)33(36,21-15-6)26(9)18-12-3/h10-15,22-23,37H,1-9,16-21,34-36H2. The highest BCUT2D eigenvalue weighted by Gasteiger charge is 2.40. The Morgan fingerprint density at radius 2 is 0.892 bits per heavy atom. The van der Waals surface area contributed by atoms with Crippen LogP contribution in [0.3, 0.4) is 0 Å². The van der Waals surface area contributed by atoms with Gasteiger partial charge in [0.15, 0.2) is 0 Å². The molecule has 37 heavy (non-hydrogen) atoms. The minimum absolute atomic E-state index is 0.0526. The Bertz CT molecular complexity index is 1050. The fourth-order valence-corrected chi connectivity index (χ4v) is 4.68. The summed E-state index contributed by atoms with van der Waals surface area (Å²) in [5.74, 6) is -0.0526. The van der Waals surface area contributed by atoms with Crippen LogP contribution in [0.25, 0.3) is 0 Å². The predicted molar refractivity (Wildman–Crippen MR) is 162 cm³/mol. The van der Waals surface area contributed by atoms with Crippen molar-refractivity contribution in [2.24, 2.45) is 17.2 Å². The highest BCUT2D eigenvalue weighted by Crippen LogP contribution is 2.47. The minimum Gasteiger partial charge on any atom is -0.507 e. The second-order valence-corrected chi connectivity index (χ2v) is 9.60. The van der Waals surface area contributed by atoms with E-state index in [1.54, 1.807) is 36.5 Å². The zero-order valence-electron chi connectivity index (χ0n) is 22.4. The smallest absolute Gasteiger partial charge is 0.126 e. The first kappa shape index (κ1) is 31.6. The molecule has 3 unspecified atom stereocenters. The first-order valence-electron chi connectivity index (χ1n) is 12.3. The molecule has 0 aromatic heterocycles. The first-order chi connectivity index (χ1) is 17.4. The average molecular weight is 500 g/mol. The SMILES string of the molecule is C=CCC(=C)C(N)(CC=C)c1cc(C(N)(CC=C)C(=C)CC=C)c(O)c(C(N)(CC=C)C(=C)CC=C)c1. The lowest BCUT2D eigenvalue weighted by Crippen LogP contribution is -2.43. The van der Waals surface area contributed by atoms with Crippen LogP contribution in [0, 0.1) is 0 Å². The van der Waals surface area contributed by atoms with Gasteiger partial charge in [0.1, 0.15) is 5.75 Å². The summed E-state index contributed by atoms with van der Waals surface area (Å²) in [6.07, 6.45) is 12.7. The van der Waals surface area contributed by atoms with Crippen LogP contribution < -0.4 is 17.2 Å². The quantitative estimate of drug-likeness (QED) is 0.164. The highest BCUT2D eigenvalue weighted by atomic mass is 16.3. The van der Waals surface area contributed by atoms with Crippen LogP contribution in [0.5, 0.6) is 5.75 Å². The van der Waals surface area contributed by atoms with Crippen LogP contribution in [0.15, 0.2) is 125 Å². The Hall–Kier alpha value is -3.44. The molecule has 1 rings (SSSR count). The fourth-order valence-electron chi connectivity index (χ4n) is 4.68. The maximum Gasteiger partial charge on any atom is 0.126 e. The van der Waals surface area contributed by atoms with Gasteiger partial charge in [-0.25, -0.2) is 0 Å². The molecule has 198 valence electrons. The van der Waals surface area contributed by atoms with E-state index in [4.69, 9.17) is 17.2 Å². The number of hydrogen-bond acceptors (Lipinski definition) is 4. The topological polar surface area (TPSA) is 98.3 Å². The van der Waals surface area contributed by atoms with Crippen LogP contribution in [0.4, 0.5) is 0 Å². The molecule has 0 aliphatic rings. The number of nitrogens with two attached hydrogens (primary N) is 3. The summed E-state index contributed by atoms with van der Waals surface area (Å²) < 4.78 is 0. The van der Waals surface area contributed by atoms with Crippen molar-refractivity contribution in [2.45, 2.75) is 55.1 Å². The fraction of sp³-hybridized carbons (Fsp3) is 0.273. The molecule has 7 N–H and O–H groups in total. The van der Waals surface area contributed by atoms with Crippen molar-refractivity contribution in [3.8, 4) is 5.75 Å². The molecule has 3 atom stereocenters. The van der Waals surface area contributed by atoms with Crippen molar-refractivity contribution in [2.75, 3.05) is 0 Å². The van der Waals surface area contributed by atoms with Gasteiger partial charge in [0.05, 0.1) is 16.6 Å². The summed E-state index contributed by atoms with van der Waals surface area (Å²) in [5, 5.41) is 11.8. The Balaban J connectivity index is 4.34. The summed E-state index contributed by atoms with van der Waals surface area (Å²) in [6, 6.07) is 3.64. The van der Waals surface area contributed by atoms with Crippen molar-refractivity contribution in [1.29, 1.82) is 0 Å². The van der Waals surface area contributed by atoms with Gasteiger partial charge in [-0.15, -0.1) is 39.5 Å². The Morgan fingerprint density at radius 3 is 1.19 bits per heavy atom. The van der Waals surface area contributed by atoms with Crippen molar-refractivity contribution >= 4 is 0 Å². The molecule has 4 heteroatoms. The van der Waals surface area contributed by atoms with E-state index >= 15 is 0 Å². The maximum atomic E-state index is 11.8.